The normalized spacial score (nSPS) is 13.2. The lowest BCUT2D eigenvalue weighted by atomic mass is 9.82. The summed E-state index contributed by atoms with van der Waals surface area (Å²) >= 11 is 0. The second kappa shape index (κ2) is 11.7. The van der Waals surface area contributed by atoms with Gasteiger partial charge < -0.3 is 9.13 Å². The molecule has 2 aromatic heterocycles. The minimum Gasteiger partial charge on any atom is -0.309 e. The van der Waals surface area contributed by atoms with Crippen LogP contribution in [0.3, 0.4) is 0 Å². The number of aromatic nitrogens is 2. The molecule has 0 fully saturated rings. The van der Waals surface area contributed by atoms with Gasteiger partial charge in [-0.15, -0.1) is 0 Å². The minimum atomic E-state index is -0.121. The van der Waals surface area contributed by atoms with E-state index >= 15 is 0 Å². The van der Waals surface area contributed by atoms with Crippen molar-refractivity contribution in [2.45, 2.75) is 33.1 Å². The Bertz CT molecular complexity index is 3150. The van der Waals surface area contributed by atoms with Crippen molar-refractivity contribution in [3.63, 3.8) is 0 Å². The summed E-state index contributed by atoms with van der Waals surface area (Å²) in [6, 6.07) is 63.3. The van der Waals surface area contributed by atoms with E-state index in [1.54, 1.807) is 0 Å². The molecule has 0 amide bonds. The van der Waals surface area contributed by atoms with E-state index in [0.717, 1.165) is 5.69 Å². The number of nitrogens with zero attached hydrogens (tertiary/aromatic N) is 2. The van der Waals surface area contributed by atoms with Gasteiger partial charge in [0.15, 0.2) is 0 Å². The molecule has 0 unspecified atom stereocenters. The Morgan fingerprint density at radius 3 is 1.64 bits per heavy atom. The van der Waals surface area contributed by atoms with E-state index < -0.39 is 0 Å². The highest BCUT2D eigenvalue weighted by molar-refractivity contribution is 6.13. The van der Waals surface area contributed by atoms with Crippen molar-refractivity contribution in [3.8, 4) is 44.8 Å². The van der Waals surface area contributed by atoms with Crippen LogP contribution in [0.15, 0.2) is 170 Å². The zero-order valence-electron chi connectivity index (χ0n) is 31.6. The standard InChI is InChI=1S/C53H40N2/c1-33-16-5-6-18-36(33)52-34(2)17-15-23-42(52)41-29-28-35(54-47-25-12-8-20-38(47)39-21-9-13-26-48(39)54)30-50(41)55-49-27-14-10-22-40(49)44-31-43-37-19-7-11-24-45(37)53(3,4)46(43)32-51(44)55/h5-32H,1-4H3. The highest BCUT2D eigenvalue weighted by atomic mass is 15.0. The van der Waals surface area contributed by atoms with Crippen molar-refractivity contribution in [2.75, 3.05) is 0 Å². The second-order valence-corrected chi connectivity index (χ2v) is 15.8. The number of aryl methyl sites for hydroxylation is 2. The predicted octanol–water partition coefficient (Wildman–Crippen LogP) is 14.1. The summed E-state index contributed by atoms with van der Waals surface area (Å²) in [5, 5.41) is 5.06. The molecule has 0 spiro atoms. The predicted molar refractivity (Wildman–Crippen MR) is 233 cm³/mol. The van der Waals surface area contributed by atoms with Gasteiger partial charge in [-0.05, 0) is 106 Å². The van der Waals surface area contributed by atoms with Gasteiger partial charge in [0.05, 0.1) is 27.8 Å². The van der Waals surface area contributed by atoms with Gasteiger partial charge in [-0.25, -0.2) is 0 Å². The molecule has 2 heteroatoms. The van der Waals surface area contributed by atoms with Crippen LogP contribution in [0.1, 0.15) is 36.1 Å². The number of benzene rings is 8. The SMILES string of the molecule is Cc1ccccc1-c1c(C)cccc1-c1ccc(-n2c3ccccc3c3ccccc32)cc1-n1c2ccccc2c2cc3c(cc21)C(C)(C)c1ccccc1-3. The highest BCUT2D eigenvalue weighted by Gasteiger charge is 2.36. The molecule has 262 valence electrons. The van der Waals surface area contributed by atoms with Crippen molar-refractivity contribution in [1.82, 2.24) is 9.13 Å². The molecule has 0 aliphatic heterocycles. The molecule has 2 nitrogen and oxygen atoms in total. The van der Waals surface area contributed by atoms with Gasteiger partial charge in [0.25, 0.3) is 0 Å². The minimum absolute atomic E-state index is 0.121. The first-order valence-corrected chi connectivity index (χ1v) is 19.4. The van der Waals surface area contributed by atoms with Crippen LogP contribution in [-0.2, 0) is 5.41 Å². The molecule has 2 heterocycles. The van der Waals surface area contributed by atoms with Crippen molar-refractivity contribution in [2.24, 2.45) is 0 Å². The van der Waals surface area contributed by atoms with Gasteiger partial charge >= 0.3 is 0 Å². The van der Waals surface area contributed by atoms with Gasteiger partial charge in [0.1, 0.15) is 0 Å². The number of para-hydroxylation sites is 3. The van der Waals surface area contributed by atoms with Crippen LogP contribution in [0.5, 0.6) is 0 Å². The van der Waals surface area contributed by atoms with E-state index in [9.17, 15) is 0 Å². The zero-order chi connectivity index (χ0) is 37.0. The molecule has 1 aliphatic carbocycles. The van der Waals surface area contributed by atoms with Gasteiger partial charge in [-0.1, -0.05) is 141 Å². The first-order chi connectivity index (χ1) is 26.9. The molecular weight excluding hydrogens is 665 g/mol. The van der Waals surface area contributed by atoms with Crippen LogP contribution in [-0.4, -0.2) is 9.13 Å². The average Bonchev–Trinajstić information content (AvgIpc) is 3.80. The fourth-order valence-corrected chi connectivity index (χ4v) is 9.80. The lowest BCUT2D eigenvalue weighted by Gasteiger charge is -2.23. The Morgan fingerprint density at radius 2 is 0.927 bits per heavy atom. The first-order valence-electron chi connectivity index (χ1n) is 19.4. The molecule has 0 atom stereocenters. The summed E-state index contributed by atoms with van der Waals surface area (Å²) in [6.07, 6.45) is 0. The molecule has 0 radical (unpaired) electrons. The smallest absolute Gasteiger partial charge is 0.0561 e. The van der Waals surface area contributed by atoms with E-state index in [2.05, 4.69) is 207 Å². The van der Waals surface area contributed by atoms with E-state index in [4.69, 9.17) is 0 Å². The lowest BCUT2D eigenvalue weighted by molar-refractivity contribution is 0.661. The maximum atomic E-state index is 2.56. The average molecular weight is 705 g/mol. The van der Waals surface area contributed by atoms with E-state index in [1.165, 1.54) is 105 Å². The van der Waals surface area contributed by atoms with E-state index in [1.807, 2.05) is 0 Å². The summed E-state index contributed by atoms with van der Waals surface area (Å²) in [5.41, 5.74) is 20.0. The van der Waals surface area contributed by atoms with Gasteiger partial charge in [0.2, 0.25) is 0 Å². The summed E-state index contributed by atoms with van der Waals surface area (Å²) in [5.74, 6) is 0. The van der Waals surface area contributed by atoms with Gasteiger partial charge in [-0.3, -0.25) is 0 Å². The van der Waals surface area contributed by atoms with Crippen LogP contribution in [0.25, 0.3) is 88.4 Å². The Balaban J connectivity index is 1.28. The molecule has 1 aliphatic rings. The molecule has 0 saturated heterocycles. The number of rotatable bonds is 4. The quantitative estimate of drug-likeness (QED) is 0.173. The molecule has 0 bridgehead atoms. The maximum Gasteiger partial charge on any atom is 0.0561 e. The monoisotopic (exact) mass is 704 g/mol. The van der Waals surface area contributed by atoms with Crippen LogP contribution >= 0.6 is 0 Å². The van der Waals surface area contributed by atoms with Crippen LogP contribution in [0, 0.1) is 13.8 Å². The summed E-state index contributed by atoms with van der Waals surface area (Å²) in [7, 11) is 0. The summed E-state index contributed by atoms with van der Waals surface area (Å²) in [4.78, 5) is 0. The molecule has 8 aromatic carbocycles. The third-order valence-electron chi connectivity index (χ3n) is 12.4. The Morgan fingerprint density at radius 1 is 0.364 bits per heavy atom. The third-order valence-corrected chi connectivity index (χ3v) is 12.4. The largest absolute Gasteiger partial charge is 0.309 e. The molecular formula is C53H40N2. The summed E-state index contributed by atoms with van der Waals surface area (Å²) in [6.45, 7) is 9.24. The third kappa shape index (κ3) is 4.49. The van der Waals surface area contributed by atoms with Crippen molar-refractivity contribution in [1.29, 1.82) is 0 Å². The highest BCUT2D eigenvalue weighted by Crippen LogP contribution is 2.51. The number of hydrogen-bond acceptors (Lipinski definition) is 0. The van der Waals surface area contributed by atoms with Crippen molar-refractivity contribution >= 4 is 43.6 Å². The van der Waals surface area contributed by atoms with Crippen LogP contribution in [0.2, 0.25) is 0 Å². The van der Waals surface area contributed by atoms with Gasteiger partial charge in [-0.2, -0.15) is 0 Å². The van der Waals surface area contributed by atoms with E-state index in [-0.39, 0.29) is 5.41 Å². The second-order valence-electron chi connectivity index (χ2n) is 15.8. The molecule has 0 N–H and O–H groups in total. The Hall–Kier alpha value is -6.64. The lowest BCUT2D eigenvalue weighted by Crippen LogP contribution is -2.15. The van der Waals surface area contributed by atoms with Gasteiger partial charge in [0, 0.05) is 38.2 Å². The topological polar surface area (TPSA) is 9.86 Å². The molecule has 0 saturated carbocycles. The van der Waals surface area contributed by atoms with Crippen LogP contribution < -0.4 is 0 Å². The zero-order valence-corrected chi connectivity index (χ0v) is 31.6. The van der Waals surface area contributed by atoms with Crippen LogP contribution in [0.4, 0.5) is 0 Å². The Labute approximate surface area is 321 Å². The molecule has 10 aromatic rings. The first kappa shape index (κ1) is 31.8. The number of hydrogen-bond donors (Lipinski definition) is 0. The van der Waals surface area contributed by atoms with Crippen molar-refractivity contribution in [3.05, 3.63) is 192 Å². The number of fused-ring (bicyclic) bond motifs is 9. The molecule has 55 heavy (non-hydrogen) atoms. The van der Waals surface area contributed by atoms with E-state index in [0.29, 0.717) is 0 Å². The Kier molecular flexibility index (Phi) is 6.76. The van der Waals surface area contributed by atoms with Crippen molar-refractivity contribution < 1.29 is 0 Å². The maximum absolute atomic E-state index is 2.56. The fourth-order valence-electron chi connectivity index (χ4n) is 9.80. The fraction of sp³-hybridized carbons (Fsp3) is 0.0943. The molecule has 11 rings (SSSR count). The summed E-state index contributed by atoms with van der Waals surface area (Å²) < 4.78 is 5.00.